The first-order chi connectivity index (χ1) is 11.5. The Morgan fingerprint density at radius 3 is 2.83 bits per heavy atom. The van der Waals surface area contributed by atoms with Crippen molar-refractivity contribution < 1.29 is 9.32 Å². The zero-order valence-electron chi connectivity index (χ0n) is 14.1. The molecule has 1 fully saturated rings. The Bertz CT molecular complexity index is 934. The zero-order chi connectivity index (χ0) is 16.8. The predicted octanol–water partition coefficient (Wildman–Crippen LogP) is 2.99. The van der Waals surface area contributed by atoms with Gasteiger partial charge in [0, 0.05) is 30.0 Å². The van der Waals surface area contributed by atoms with E-state index in [1.165, 1.54) is 0 Å². The number of pyridine rings is 1. The van der Waals surface area contributed by atoms with E-state index in [4.69, 9.17) is 4.52 Å². The Kier molecular flexibility index (Phi) is 3.40. The Labute approximate surface area is 139 Å². The molecule has 1 aliphatic rings. The van der Waals surface area contributed by atoms with Gasteiger partial charge in [0.2, 0.25) is 0 Å². The average Bonchev–Trinajstić information content (AvgIpc) is 3.30. The SMILES string of the molecule is Cc1noc2nc(C3CC3)cc(C(=O)NCc3ccc(C)n3C)c12. The van der Waals surface area contributed by atoms with Crippen molar-refractivity contribution in [1.82, 2.24) is 20.0 Å². The highest BCUT2D eigenvalue weighted by Crippen LogP contribution is 2.40. The Morgan fingerprint density at radius 1 is 1.38 bits per heavy atom. The lowest BCUT2D eigenvalue weighted by Crippen LogP contribution is -2.24. The summed E-state index contributed by atoms with van der Waals surface area (Å²) >= 11 is 0. The molecule has 1 N–H and O–H groups in total. The Morgan fingerprint density at radius 2 is 2.17 bits per heavy atom. The van der Waals surface area contributed by atoms with E-state index in [2.05, 4.69) is 20.0 Å². The fourth-order valence-electron chi connectivity index (χ4n) is 2.99. The van der Waals surface area contributed by atoms with Gasteiger partial charge in [-0.25, -0.2) is 4.98 Å². The topological polar surface area (TPSA) is 72.9 Å². The number of carbonyl (C=O) groups excluding carboxylic acids is 1. The molecule has 3 heterocycles. The van der Waals surface area contributed by atoms with E-state index in [1.54, 1.807) is 0 Å². The van der Waals surface area contributed by atoms with Crippen LogP contribution in [0.15, 0.2) is 22.7 Å². The Balaban J connectivity index is 1.65. The molecule has 0 saturated heterocycles. The van der Waals surface area contributed by atoms with Gasteiger partial charge in [-0.15, -0.1) is 0 Å². The first-order valence-corrected chi connectivity index (χ1v) is 8.21. The molecule has 4 rings (SSSR count). The molecular formula is C18H20N4O2. The number of rotatable bonds is 4. The number of hydrogen-bond donors (Lipinski definition) is 1. The smallest absolute Gasteiger partial charge is 0.259 e. The molecule has 0 atom stereocenters. The van der Waals surface area contributed by atoms with Gasteiger partial charge in [0.1, 0.15) is 0 Å². The maximum atomic E-state index is 12.8. The van der Waals surface area contributed by atoms with Gasteiger partial charge in [-0.1, -0.05) is 5.16 Å². The van der Waals surface area contributed by atoms with Gasteiger partial charge in [-0.2, -0.15) is 0 Å². The van der Waals surface area contributed by atoms with Crippen molar-refractivity contribution in [2.75, 3.05) is 0 Å². The van der Waals surface area contributed by atoms with Crippen LogP contribution in [0.2, 0.25) is 0 Å². The van der Waals surface area contributed by atoms with Crippen LogP contribution in [0.25, 0.3) is 11.1 Å². The molecular weight excluding hydrogens is 304 g/mol. The molecule has 0 bridgehead atoms. The first kappa shape index (κ1) is 14.9. The van der Waals surface area contributed by atoms with Crippen molar-refractivity contribution in [3.8, 4) is 0 Å². The lowest BCUT2D eigenvalue weighted by atomic mass is 10.1. The van der Waals surface area contributed by atoms with E-state index in [0.717, 1.165) is 29.9 Å². The fraction of sp³-hybridized carbons (Fsp3) is 0.389. The highest BCUT2D eigenvalue weighted by Gasteiger charge is 2.28. The number of amides is 1. The third kappa shape index (κ3) is 2.48. The molecule has 3 aromatic rings. The van der Waals surface area contributed by atoms with Crippen LogP contribution in [0.4, 0.5) is 0 Å². The second-order valence-corrected chi connectivity index (χ2v) is 6.52. The van der Waals surface area contributed by atoms with Crippen LogP contribution in [0.5, 0.6) is 0 Å². The second kappa shape index (κ2) is 5.47. The molecule has 1 aliphatic carbocycles. The van der Waals surface area contributed by atoms with Crippen molar-refractivity contribution >= 4 is 17.0 Å². The molecule has 0 unspecified atom stereocenters. The van der Waals surface area contributed by atoms with Crippen molar-refractivity contribution in [3.63, 3.8) is 0 Å². The zero-order valence-corrected chi connectivity index (χ0v) is 14.1. The minimum atomic E-state index is -0.116. The number of nitrogens with zero attached hydrogens (tertiary/aromatic N) is 3. The fourth-order valence-corrected chi connectivity index (χ4v) is 2.99. The van der Waals surface area contributed by atoms with Crippen LogP contribution in [0.3, 0.4) is 0 Å². The summed E-state index contributed by atoms with van der Waals surface area (Å²) in [5.41, 5.74) is 4.91. The van der Waals surface area contributed by atoms with Gasteiger partial charge in [0.15, 0.2) is 0 Å². The van der Waals surface area contributed by atoms with Gasteiger partial charge in [-0.05, 0) is 44.9 Å². The van der Waals surface area contributed by atoms with Crippen LogP contribution in [-0.2, 0) is 13.6 Å². The molecule has 124 valence electrons. The van der Waals surface area contributed by atoms with Crippen molar-refractivity contribution in [2.24, 2.45) is 7.05 Å². The highest BCUT2D eigenvalue weighted by atomic mass is 16.5. The summed E-state index contributed by atoms with van der Waals surface area (Å²) in [5, 5.41) is 7.69. The number of aromatic nitrogens is 3. The first-order valence-electron chi connectivity index (χ1n) is 8.21. The normalized spacial score (nSPS) is 14.3. The van der Waals surface area contributed by atoms with Crippen LogP contribution in [0.1, 0.15) is 51.9 Å². The van der Waals surface area contributed by atoms with Gasteiger partial charge < -0.3 is 14.4 Å². The van der Waals surface area contributed by atoms with Gasteiger partial charge >= 0.3 is 0 Å². The van der Waals surface area contributed by atoms with Crippen LogP contribution in [0, 0.1) is 13.8 Å². The van der Waals surface area contributed by atoms with Crippen molar-refractivity contribution in [2.45, 2.75) is 39.2 Å². The highest BCUT2D eigenvalue weighted by molar-refractivity contribution is 6.06. The maximum Gasteiger partial charge on any atom is 0.259 e. The molecule has 0 radical (unpaired) electrons. The number of carbonyl (C=O) groups is 1. The van der Waals surface area contributed by atoms with Crippen LogP contribution in [-0.4, -0.2) is 20.6 Å². The summed E-state index contributed by atoms with van der Waals surface area (Å²) in [5.74, 6) is 0.330. The van der Waals surface area contributed by atoms with E-state index in [0.29, 0.717) is 34.8 Å². The van der Waals surface area contributed by atoms with Gasteiger partial charge in [-0.3, -0.25) is 4.79 Å². The Hall–Kier alpha value is -2.63. The monoisotopic (exact) mass is 324 g/mol. The average molecular weight is 324 g/mol. The van der Waals surface area contributed by atoms with Crippen molar-refractivity contribution in [1.29, 1.82) is 0 Å². The summed E-state index contributed by atoms with van der Waals surface area (Å²) in [6, 6.07) is 5.97. The van der Waals surface area contributed by atoms with E-state index < -0.39 is 0 Å². The maximum absolute atomic E-state index is 12.8. The molecule has 3 aromatic heterocycles. The summed E-state index contributed by atoms with van der Waals surface area (Å²) in [4.78, 5) is 17.3. The van der Waals surface area contributed by atoms with Gasteiger partial charge in [0.25, 0.3) is 11.6 Å². The number of aryl methyl sites for hydroxylation is 2. The minimum Gasteiger partial charge on any atom is -0.350 e. The predicted molar refractivity (Wildman–Crippen MR) is 89.8 cm³/mol. The third-order valence-corrected chi connectivity index (χ3v) is 4.78. The second-order valence-electron chi connectivity index (χ2n) is 6.52. The third-order valence-electron chi connectivity index (χ3n) is 4.78. The number of fused-ring (bicyclic) bond motifs is 1. The van der Waals surface area contributed by atoms with E-state index >= 15 is 0 Å². The number of hydrogen-bond acceptors (Lipinski definition) is 4. The molecule has 0 spiro atoms. The standard InChI is InChI=1S/C18H20N4O2/c1-10-4-7-13(22(10)3)9-19-17(23)14-8-15(12-5-6-12)20-18-16(14)11(2)21-24-18/h4,7-8,12H,5-6,9H2,1-3H3,(H,19,23). The molecule has 1 saturated carbocycles. The lowest BCUT2D eigenvalue weighted by Gasteiger charge is -2.09. The molecule has 6 nitrogen and oxygen atoms in total. The molecule has 0 aliphatic heterocycles. The summed E-state index contributed by atoms with van der Waals surface area (Å²) in [6.45, 7) is 4.36. The summed E-state index contributed by atoms with van der Waals surface area (Å²) in [6.07, 6.45) is 2.24. The molecule has 0 aromatic carbocycles. The summed E-state index contributed by atoms with van der Waals surface area (Å²) in [7, 11) is 2.00. The van der Waals surface area contributed by atoms with Crippen LogP contribution < -0.4 is 5.32 Å². The quantitative estimate of drug-likeness (QED) is 0.801. The molecule has 6 heteroatoms. The largest absolute Gasteiger partial charge is 0.350 e. The van der Waals surface area contributed by atoms with Gasteiger partial charge in [0.05, 0.1) is 23.2 Å². The molecule has 1 amide bonds. The van der Waals surface area contributed by atoms with E-state index in [1.807, 2.05) is 39.1 Å². The van der Waals surface area contributed by atoms with E-state index in [-0.39, 0.29) is 5.91 Å². The number of nitrogens with one attached hydrogen (secondary N) is 1. The van der Waals surface area contributed by atoms with Crippen molar-refractivity contribution in [3.05, 3.63) is 46.5 Å². The van der Waals surface area contributed by atoms with E-state index in [9.17, 15) is 4.79 Å². The molecule has 24 heavy (non-hydrogen) atoms. The summed E-state index contributed by atoms with van der Waals surface area (Å²) < 4.78 is 7.37. The minimum absolute atomic E-state index is 0.116. The van der Waals surface area contributed by atoms with Crippen LogP contribution >= 0.6 is 0 Å². The lowest BCUT2D eigenvalue weighted by molar-refractivity contribution is 0.0951.